The Bertz CT molecular complexity index is 681. The molecule has 1 aromatic carbocycles. The summed E-state index contributed by atoms with van der Waals surface area (Å²) >= 11 is 0. The summed E-state index contributed by atoms with van der Waals surface area (Å²) in [7, 11) is -3.25. The lowest BCUT2D eigenvalue weighted by Gasteiger charge is -2.18. The van der Waals surface area contributed by atoms with E-state index in [1.54, 1.807) is 6.07 Å². The van der Waals surface area contributed by atoms with Crippen molar-refractivity contribution in [2.75, 3.05) is 32.0 Å². The number of carbonyl (C=O) groups is 1. The van der Waals surface area contributed by atoms with Crippen LogP contribution in [0.25, 0.3) is 0 Å². The molecule has 6 nitrogen and oxygen atoms in total. The highest BCUT2D eigenvalue weighted by Crippen LogP contribution is 2.25. The Morgan fingerprint density at radius 1 is 1.22 bits per heavy atom. The van der Waals surface area contributed by atoms with Crippen LogP contribution in [0.1, 0.15) is 35.2 Å². The zero-order valence-corrected chi connectivity index (χ0v) is 13.9. The predicted molar refractivity (Wildman–Crippen MR) is 87.2 cm³/mol. The van der Waals surface area contributed by atoms with Crippen LogP contribution in [0.2, 0.25) is 0 Å². The van der Waals surface area contributed by atoms with Crippen molar-refractivity contribution in [3.63, 3.8) is 0 Å². The number of ether oxygens (including phenoxy) is 1. The van der Waals surface area contributed by atoms with Gasteiger partial charge < -0.3 is 10.1 Å². The van der Waals surface area contributed by atoms with Gasteiger partial charge in [-0.25, -0.2) is 12.7 Å². The summed E-state index contributed by atoms with van der Waals surface area (Å²) in [6.07, 6.45) is 3.69. The molecule has 0 saturated carbocycles. The van der Waals surface area contributed by atoms with Gasteiger partial charge >= 0.3 is 0 Å². The summed E-state index contributed by atoms with van der Waals surface area (Å²) in [5.74, 6) is 0.548. The van der Waals surface area contributed by atoms with Crippen molar-refractivity contribution in [1.82, 2.24) is 9.62 Å². The van der Waals surface area contributed by atoms with Crippen molar-refractivity contribution in [1.29, 1.82) is 0 Å². The predicted octanol–water partition coefficient (Wildman–Crippen LogP) is 1.17. The highest BCUT2D eigenvalue weighted by molar-refractivity contribution is 7.89. The van der Waals surface area contributed by atoms with Crippen LogP contribution in [0.15, 0.2) is 18.2 Å². The Balaban J connectivity index is 1.55. The van der Waals surface area contributed by atoms with Crippen molar-refractivity contribution in [3.8, 4) is 5.75 Å². The van der Waals surface area contributed by atoms with Gasteiger partial charge in [-0.1, -0.05) is 0 Å². The largest absolute Gasteiger partial charge is 0.493 e. The van der Waals surface area contributed by atoms with Gasteiger partial charge in [0.15, 0.2) is 0 Å². The zero-order chi connectivity index (χ0) is 16.3. The Hall–Kier alpha value is -1.60. The molecule has 1 saturated heterocycles. The molecule has 0 radical (unpaired) electrons. The second kappa shape index (κ2) is 6.88. The standard InChI is InChI=1S/C16H22N2O4S/c19-16(14-5-6-15-13(12-14)4-3-10-22-15)17-7-11-23(20,21)18-8-1-2-9-18/h5-6,12H,1-4,7-11H2,(H,17,19). The number of rotatable bonds is 5. The lowest BCUT2D eigenvalue weighted by atomic mass is 10.0. The first-order valence-corrected chi connectivity index (χ1v) is 9.69. The van der Waals surface area contributed by atoms with E-state index in [2.05, 4.69) is 5.32 Å². The quantitative estimate of drug-likeness (QED) is 0.874. The van der Waals surface area contributed by atoms with Gasteiger partial charge in [0.2, 0.25) is 10.0 Å². The summed E-state index contributed by atoms with van der Waals surface area (Å²) in [4.78, 5) is 12.2. The Morgan fingerprint density at radius 3 is 2.78 bits per heavy atom. The highest BCUT2D eigenvalue weighted by atomic mass is 32.2. The van der Waals surface area contributed by atoms with E-state index in [-0.39, 0.29) is 18.2 Å². The second-order valence-electron chi connectivity index (χ2n) is 5.95. The van der Waals surface area contributed by atoms with Crippen LogP contribution < -0.4 is 10.1 Å². The zero-order valence-electron chi connectivity index (χ0n) is 13.1. The molecule has 1 aromatic rings. The first-order chi connectivity index (χ1) is 11.1. The molecule has 3 rings (SSSR count). The molecule has 2 heterocycles. The maximum absolute atomic E-state index is 12.2. The van der Waals surface area contributed by atoms with Crippen LogP contribution in [0.4, 0.5) is 0 Å². The smallest absolute Gasteiger partial charge is 0.251 e. The molecule has 0 spiro atoms. The molecular formula is C16H22N2O4S. The van der Waals surface area contributed by atoms with Crippen LogP contribution in [0.5, 0.6) is 5.75 Å². The molecule has 1 amide bonds. The van der Waals surface area contributed by atoms with E-state index in [1.165, 1.54) is 4.31 Å². The number of sulfonamides is 1. The minimum atomic E-state index is -3.25. The van der Waals surface area contributed by atoms with Crippen LogP contribution >= 0.6 is 0 Å². The molecule has 1 N–H and O–H groups in total. The number of nitrogens with zero attached hydrogens (tertiary/aromatic N) is 1. The topological polar surface area (TPSA) is 75.7 Å². The molecule has 2 aliphatic rings. The van der Waals surface area contributed by atoms with Crippen molar-refractivity contribution in [2.24, 2.45) is 0 Å². The molecular weight excluding hydrogens is 316 g/mol. The van der Waals surface area contributed by atoms with Gasteiger partial charge in [-0.15, -0.1) is 0 Å². The highest BCUT2D eigenvalue weighted by Gasteiger charge is 2.25. The lowest BCUT2D eigenvalue weighted by molar-refractivity contribution is 0.0956. The van der Waals surface area contributed by atoms with Crippen molar-refractivity contribution >= 4 is 15.9 Å². The molecule has 23 heavy (non-hydrogen) atoms. The summed E-state index contributed by atoms with van der Waals surface area (Å²) in [6, 6.07) is 5.36. The summed E-state index contributed by atoms with van der Waals surface area (Å²) in [5, 5.41) is 2.70. The third kappa shape index (κ3) is 3.84. The lowest BCUT2D eigenvalue weighted by Crippen LogP contribution is -2.36. The number of hydrogen-bond acceptors (Lipinski definition) is 4. The van der Waals surface area contributed by atoms with E-state index in [9.17, 15) is 13.2 Å². The number of aryl methyl sites for hydroxylation is 1. The van der Waals surface area contributed by atoms with Gasteiger partial charge in [0.1, 0.15) is 5.75 Å². The van der Waals surface area contributed by atoms with Crippen LogP contribution in [0.3, 0.4) is 0 Å². The first-order valence-electron chi connectivity index (χ1n) is 8.08. The fourth-order valence-corrected chi connectivity index (χ4v) is 4.43. The van der Waals surface area contributed by atoms with Crippen LogP contribution in [-0.4, -0.2) is 50.6 Å². The number of carbonyl (C=O) groups excluding carboxylic acids is 1. The van der Waals surface area contributed by atoms with Gasteiger partial charge in [0.05, 0.1) is 12.4 Å². The number of nitrogens with one attached hydrogen (secondary N) is 1. The third-order valence-electron chi connectivity index (χ3n) is 4.27. The van der Waals surface area contributed by atoms with Crippen molar-refractivity contribution < 1.29 is 17.9 Å². The molecule has 0 aliphatic carbocycles. The normalized spacial score (nSPS) is 18.3. The Kier molecular flexibility index (Phi) is 4.87. The molecule has 0 aromatic heterocycles. The van der Waals surface area contributed by atoms with E-state index in [0.717, 1.165) is 37.0 Å². The van der Waals surface area contributed by atoms with Gasteiger partial charge in [0.25, 0.3) is 5.91 Å². The van der Waals surface area contributed by atoms with Gasteiger partial charge in [-0.2, -0.15) is 0 Å². The maximum Gasteiger partial charge on any atom is 0.251 e. The number of fused-ring (bicyclic) bond motifs is 1. The molecule has 1 fully saturated rings. The summed E-state index contributed by atoms with van der Waals surface area (Å²) < 4.78 is 31.2. The fourth-order valence-electron chi connectivity index (χ4n) is 2.99. The van der Waals surface area contributed by atoms with Gasteiger partial charge in [-0.3, -0.25) is 4.79 Å². The average molecular weight is 338 g/mol. The minimum absolute atomic E-state index is 0.0488. The van der Waals surface area contributed by atoms with E-state index in [1.807, 2.05) is 12.1 Å². The van der Waals surface area contributed by atoms with E-state index < -0.39 is 10.0 Å². The van der Waals surface area contributed by atoms with E-state index in [4.69, 9.17) is 4.74 Å². The SMILES string of the molecule is O=C(NCCS(=O)(=O)N1CCCC1)c1ccc2c(c1)CCCO2. The average Bonchev–Trinajstić information content (AvgIpc) is 3.09. The monoisotopic (exact) mass is 338 g/mol. The third-order valence-corrected chi connectivity index (χ3v) is 6.15. The van der Waals surface area contributed by atoms with Crippen molar-refractivity contribution in [2.45, 2.75) is 25.7 Å². The van der Waals surface area contributed by atoms with Gasteiger partial charge in [0, 0.05) is 25.2 Å². The van der Waals surface area contributed by atoms with E-state index >= 15 is 0 Å². The number of amides is 1. The number of hydrogen-bond donors (Lipinski definition) is 1. The molecule has 2 aliphatic heterocycles. The first kappa shape index (κ1) is 16.3. The van der Waals surface area contributed by atoms with E-state index in [0.29, 0.717) is 25.3 Å². The fraction of sp³-hybridized carbons (Fsp3) is 0.562. The molecule has 0 unspecified atom stereocenters. The minimum Gasteiger partial charge on any atom is -0.493 e. The molecule has 0 bridgehead atoms. The maximum atomic E-state index is 12.2. The summed E-state index contributed by atoms with van der Waals surface area (Å²) in [5.41, 5.74) is 1.58. The molecule has 126 valence electrons. The second-order valence-corrected chi connectivity index (χ2v) is 8.04. The van der Waals surface area contributed by atoms with Crippen LogP contribution in [-0.2, 0) is 16.4 Å². The van der Waals surface area contributed by atoms with Crippen molar-refractivity contribution in [3.05, 3.63) is 29.3 Å². The van der Waals surface area contributed by atoms with Gasteiger partial charge in [-0.05, 0) is 49.4 Å². The van der Waals surface area contributed by atoms with Crippen LogP contribution in [0, 0.1) is 0 Å². The molecule has 0 atom stereocenters. The molecule has 7 heteroatoms. The number of benzene rings is 1. The Morgan fingerprint density at radius 2 is 2.00 bits per heavy atom. The summed E-state index contributed by atoms with van der Waals surface area (Å²) in [6.45, 7) is 2.04. The Labute approximate surface area is 136 Å².